The van der Waals surface area contributed by atoms with E-state index in [0.717, 1.165) is 42.0 Å². The summed E-state index contributed by atoms with van der Waals surface area (Å²) >= 11 is 0. The van der Waals surface area contributed by atoms with Gasteiger partial charge in [-0.3, -0.25) is 9.10 Å². The van der Waals surface area contributed by atoms with E-state index in [1.807, 2.05) is 0 Å². The van der Waals surface area contributed by atoms with E-state index in [4.69, 9.17) is 0 Å². The molecule has 0 saturated heterocycles. The van der Waals surface area contributed by atoms with Crippen LogP contribution in [-0.4, -0.2) is 27.1 Å². The van der Waals surface area contributed by atoms with E-state index < -0.39 is 21.8 Å². The highest BCUT2D eigenvalue weighted by atomic mass is 32.2. The van der Waals surface area contributed by atoms with Crippen molar-refractivity contribution in [2.24, 2.45) is 0 Å². The minimum absolute atomic E-state index is 0.0788. The maximum atomic E-state index is 13.0. The van der Waals surface area contributed by atoms with Crippen molar-refractivity contribution >= 4 is 21.6 Å². The zero-order chi connectivity index (χ0) is 23.4. The fourth-order valence-electron chi connectivity index (χ4n) is 3.53. The second-order valence-electron chi connectivity index (χ2n) is 7.81. The van der Waals surface area contributed by atoms with Crippen LogP contribution < -0.4 is 9.62 Å². The molecule has 0 aliphatic heterocycles. The van der Waals surface area contributed by atoms with Crippen molar-refractivity contribution in [2.45, 2.75) is 38.4 Å². The Bertz CT molecular complexity index is 1090. The van der Waals surface area contributed by atoms with Crippen LogP contribution in [0, 0.1) is 0 Å². The van der Waals surface area contributed by atoms with E-state index in [1.54, 1.807) is 24.3 Å². The Morgan fingerprint density at radius 2 is 1.81 bits per heavy atom. The molecule has 1 amide bonds. The summed E-state index contributed by atoms with van der Waals surface area (Å²) in [7, 11) is -3.85. The molecule has 2 aromatic rings. The minimum atomic E-state index is -4.58. The fraction of sp³-hybridized carbons (Fsp3) is 0.348. The summed E-state index contributed by atoms with van der Waals surface area (Å²) in [5.41, 5.74) is 1.18. The number of sulfonamides is 1. The Morgan fingerprint density at radius 1 is 1.09 bits per heavy atom. The number of nitrogens with one attached hydrogen (secondary N) is 1. The van der Waals surface area contributed by atoms with Crippen molar-refractivity contribution in [1.82, 2.24) is 5.32 Å². The van der Waals surface area contributed by atoms with Crippen LogP contribution in [0.15, 0.2) is 60.2 Å². The Hall–Kier alpha value is -2.81. The Balaban J connectivity index is 1.73. The quantitative estimate of drug-likeness (QED) is 0.590. The van der Waals surface area contributed by atoms with Crippen LogP contribution in [-0.2, 0) is 22.7 Å². The molecular formula is C23H25F3N2O3S. The summed E-state index contributed by atoms with van der Waals surface area (Å²) in [4.78, 5) is 12.4. The molecule has 1 N–H and O–H groups in total. The third kappa shape index (κ3) is 6.35. The molecule has 0 atom stereocenters. The Kier molecular flexibility index (Phi) is 7.28. The molecule has 3 rings (SSSR count). The summed E-state index contributed by atoms with van der Waals surface area (Å²) in [5.74, 6) is -0.235. The third-order valence-corrected chi connectivity index (χ3v) is 6.41. The van der Waals surface area contributed by atoms with E-state index >= 15 is 0 Å². The number of anilines is 1. The van der Waals surface area contributed by atoms with Gasteiger partial charge in [0.2, 0.25) is 10.0 Å². The van der Waals surface area contributed by atoms with Crippen molar-refractivity contribution < 1.29 is 26.4 Å². The van der Waals surface area contributed by atoms with E-state index in [1.165, 1.54) is 24.1 Å². The van der Waals surface area contributed by atoms with Crippen molar-refractivity contribution in [3.05, 3.63) is 76.9 Å². The van der Waals surface area contributed by atoms with Gasteiger partial charge in [0.1, 0.15) is 0 Å². The van der Waals surface area contributed by atoms with Gasteiger partial charge < -0.3 is 5.32 Å². The van der Waals surface area contributed by atoms with E-state index in [0.29, 0.717) is 17.7 Å². The van der Waals surface area contributed by atoms with Crippen molar-refractivity contribution in [3.63, 3.8) is 0 Å². The highest BCUT2D eigenvalue weighted by Gasteiger charge is 2.31. The van der Waals surface area contributed by atoms with Gasteiger partial charge >= 0.3 is 6.18 Å². The van der Waals surface area contributed by atoms with Gasteiger partial charge in [-0.1, -0.05) is 29.8 Å². The molecule has 1 aliphatic carbocycles. The van der Waals surface area contributed by atoms with Gasteiger partial charge in [-0.05, 0) is 61.6 Å². The zero-order valence-electron chi connectivity index (χ0n) is 17.7. The highest BCUT2D eigenvalue weighted by molar-refractivity contribution is 7.92. The van der Waals surface area contributed by atoms with Crippen molar-refractivity contribution in [1.29, 1.82) is 0 Å². The smallest absolute Gasteiger partial charge is 0.348 e. The molecule has 0 heterocycles. The van der Waals surface area contributed by atoms with E-state index in [9.17, 15) is 26.4 Å². The van der Waals surface area contributed by atoms with Crippen LogP contribution in [0.1, 0.15) is 47.2 Å². The minimum Gasteiger partial charge on any atom is -0.348 e. The van der Waals surface area contributed by atoms with Gasteiger partial charge in [0.25, 0.3) is 5.91 Å². The number of carbonyl (C=O) groups excluding carboxylic acids is 1. The second-order valence-corrected chi connectivity index (χ2v) is 9.71. The first-order valence-corrected chi connectivity index (χ1v) is 12.1. The molecule has 0 spiro atoms. The molecule has 9 heteroatoms. The molecule has 0 saturated carbocycles. The molecule has 0 fully saturated rings. The normalized spacial score (nSPS) is 14.6. The number of benzene rings is 2. The maximum Gasteiger partial charge on any atom is 0.416 e. The van der Waals surface area contributed by atoms with Crippen LogP contribution in [0.4, 0.5) is 18.9 Å². The number of alkyl halides is 3. The predicted octanol–water partition coefficient (Wildman–Crippen LogP) is 4.90. The van der Waals surface area contributed by atoms with Gasteiger partial charge in [-0.15, -0.1) is 0 Å². The second kappa shape index (κ2) is 9.77. The topological polar surface area (TPSA) is 66.5 Å². The van der Waals surface area contributed by atoms with Gasteiger partial charge in [0, 0.05) is 12.1 Å². The summed E-state index contributed by atoms with van der Waals surface area (Å²) in [6.45, 7) is 0.340. The molecule has 0 unspecified atom stereocenters. The van der Waals surface area contributed by atoms with Crippen molar-refractivity contribution in [2.75, 3.05) is 17.1 Å². The number of allylic oxidation sites excluding steroid dienone is 1. The summed E-state index contributed by atoms with van der Waals surface area (Å²) in [6.07, 6.45) is 2.82. The van der Waals surface area contributed by atoms with Gasteiger partial charge in [-0.2, -0.15) is 13.2 Å². The van der Waals surface area contributed by atoms with E-state index in [2.05, 4.69) is 11.4 Å². The van der Waals surface area contributed by atoms with Gasteiger partial charge in [0.05, 0.1) is 24.1 Å². The number of hydrogen-bond donors (Lipinski definition) is 1. The lowest BCUT2D eigenvalue weighted by molar-refractivity contribution is -0.137. The SMILES string of the molecule is CS(=O)(=O)N(Cc1ccc(C(=O)NCC2=CCCCC2)cc1)c1cccc(C(F)(F)F)c1. The average molecular weight is 467 g/mol. The Labute approximate surface area is 186 Å². The first-order chi connectivity index (χ1) is 15.0. The average Bonchev–Trinajstić information content (AvgIpc) is 2.75. The molecule has 0 radical (unpaired) electrons. The lowest BCUT2D eigenvalue weighted by Crippen LogP contribution is -2.29. The van der Waals surface area contributed by atoms with Crippen LogP contribution in [0.25, 0.3) is 0 Å². The summed E-state index contributed by atoms with van der Waals surface area (Å²) < 4.78 is 64.6. The largest absolute Gasteiger partial charge is 0.416 e. The first-order valence-electron chi connectivity index (χ1n) is 10.2. The van der Waals surface area contributed by atoms with Gasteiger partial charge in [0.15, 0.2) is 0 Å². The van der Waals surface area contributed by atoms with Crippen molar-refractivity contribution in [3.8, 4) is 0 Å². The number of nitrogens with zero attached hydrogens (tertiary/aromatic N) is 1. The highest BCUT2D eigenvalue weighted by Crippen LogP contribution is 2.32. The molecule has 2 aromatic carbocycles. The van der Waals surface area contributed by atoms with Crippen LogP contribution >= 0.6 is 0 Å². The van der Waals surface area contributed by atoms with Crippen LogP contribution in [0.2, 0.25) is 0 Å². The predicted molar refractivity (Wildman–Crippen MR) is 118 cm³/mol. The molecular weight excluding hydrogens is 441 g/mol. The summed E-state index contributed by atoms with van der Waals surface area (Å²) in [5, 5.41) is 2.88. The molecule has 0 bridgehead atoms. The Morgan fingerprint density at radius 3 is 2.41 bits per heavy atom. The number of rotatable bonds is 7. The number of amides is 1. The van der Waals surface area contributed by atoms with Crippen LogP contribution in [0.5, 0.6) is 0 Å². The summed E-state index contributed by atoms with van der Waals surface area (Å²) in [6, 6.07) is 10.5. The van der Waals surface area contributed by atoms with E-state index in [-0.39, 0.29) is 18.1 Å². The molecule has 32 heavy (non-hydrogen) atoms. The zero-order valence-corrected chi connectivity index (χ0v) is 18.5. The molecule has 0 aromatic heterocycles. The number of hydrogen-bond acceptors (Lipinski definition) is 3. The lowest BCUT2D eigenvalue weighted by atomic mass is 9.99. The molecule has 172 valence electrons. The fourth-order valence-corrected chi connectivity index (χ4v) is 4.41. The molecule has 5 nitrogen and oxygen atoms in total. The maximum absolute atomic E-state index is 13.0. The number of halogens is 3. The standard InChI is InChI=1S/C23H25F3N2O3S/c1-32(30,31)28(21-9-5-8-20(14-21)23(24,25)26)16-18-10-12-19(13-11-18)22(29)27-15-17-6-3-2-4-7-17/h5-6,8-14H,2-4,7,15-16H2,1H3,(H,27,29). The third-order valence-electron chi connectivity index (χ3n) is 5.27. The lowest BCUT2D eigenvalue weighted by Gasteiger charge is -2.23. The first kappa shape index (κ1) is 23.8. The number of carbonyl (C=O) groups is 1. The molecule has 1 aliphatic rings. The monoisotopic (exact) mass is 466 g/mol. The van der Waals surface area contributed by atoms with Crippen LogP contribution in [0.3, 0.4) is 0 Å². The van der Waals surface area contributed by atoms with Gasteiger partial charge in [-0.25, -0.2) is 8.42 Å².